The molecule has 7 heterocycles. The van der Waals surface area contributed by atoms with Gasteiger partial charge in [0.05, 0.1) is 48.0 Å². The van der Waals surface area contributed by atoms with Crippen LogP contribution in [0.4, 0.5) is 4.79 Å². The van der Waals surface area contributed by atoms with Gasteiger partial charge in [-0.2, -0.15) is 10.2 Å². The van der Waals surface area contributed by atoms with Gasteiger partial charge >= 0.3 is 6.09 Å². The van der Waals surface area contributed by atoms with Crippen molar-refractivity contribution in [1.29, 1.82) is 0 Å². The number of nitrogens with zero attached hydrogens (tertiary/aromatic N) is 6. The number of aromatic amines is 1. The molecule has 10 rings (SSSR count). The number of fused-ring (bicyclic) bond motifs is 5. The van der Waals surface area contributed by atoms with Crippen molar-refractivity contribution >= 4 is 28.0 Å². The number of ether oxygens (including phenoxy) is 3. The SMILES string of the molecule is Cn1cc(-c2[nH]c3ncc4c(c3c2-c2ccc3c(cnn3C)c2)C2(CC3(CCN(C(=O)OC5CCOC6(CC6)C5)CC3)C2)OC4)cn1. The monoisotopic (exact) mass is 633 g/mol. The molecule has 1 amide bonds. The van der Waals surface area contributed by atoms with Gasteiger partial charge in [-0.1, -0.05) is 6.07 Å². The molecular formula is C36H39N7O4. The number of piperidine rings is 1. The maximum Gasteiger partial charge on any atom is 0.410 e. The van der Waals surface area contributed by atoms with Gasteiger partial charge in [0, 0.05) is 85.4 Å². The van der Waals surface area contributed by atoms with Crippen LogP contribution in [0.15, 0.2) is 43.0 Å². The fourth-order valence-electron chi connectivity index (χ4n) is 9.23. The molecule has 0 bridgehead atoms. The topological polar surface area (TPSA) is 112 Å². The Morgan fingerprint density at radius 1 is 1.02 bits per heavy atom. The summed E-state index contributed by atoms with van der Waals surface area (Å²) in [7, 11) is 3.92. The highest BCUT2D eigenvalue weighted by Crippen LogP contribution is 2.65. The summed E-state index contributed by atoms with van der Waals surface area (Å²) in [6.07, 6.45) is 15.4. The molecule has 1 N–H and O–H groups in total. The predicted molar refractivity (Wildman–Crippen MR) is 174 cm³/mol. The van der Waals surface area contributed by atoms with Crippen molar-refractivity contribution in [3.8, 4) is 22.4 Å². The maximum absolute atomic E-state index is 13.2. The number of pyridine rings is 1. The van der Waals surface area contributed by atoms with E-state index in [-0.39, 0.29) is 28.8 Å². The summed E-state index contributed by atoms with van der Waals surface area (Å²) in [5.41, 5.74) is 8.47. The molecule has 0 radical (unpaired) electrons. The first-order valence-corrected chi connectivity index (χ1v) is 17.0. The normalized spacial score (nSPS) is 23.5. The van der Waals surface area contributed by atoms with Crippen molar-refractivity contribution in [2.45, 2.75) is 75.3 Å². The predicted octanol–water partition coefficient (Wildman–Crippen LogP) is 5.97. The first-order chi connectivity index (χ1) is 22.8. The summed E-state index contributed by atoms with van der Waals surface area (Å²) in [6, 6.07) is 6.57. The van der Waals surface area contributed by atoms with Crippen LogP contribution in [-0.4, -0.2) is 71.9 Å². The van der Waals surface area contributed by atoms with Crippen LogP contribution >= 0.6 is 0 Å². The number of aryl methyl sites for hydroxylation is 2. The summed E-state index contributed by atoms with van der Waals surface area (Å²) < 4.78 is 22.4. The van der Waals surface area contributed by atoms with Gasteiger partial charge in [0.1, 0.15) is 11.8 Å². The van der Waals surface area contributed by atoms with Gasteiger partial charge in [-0.25, -0.2) is 9.78 Å². The van der Waals surface area contributed by atoms with Gasteiger partial charge in [0.2, 0.25) is 0 Å². The number of aromatic nitrogens is 6. The number of hydrogen-bond donors (Lipinski definition) is 1. The molecule has 3 spiro atoms. The lowest BCUT2D eigenvalue weighted by Crippen LogP contribution is -2.55. The van der Waals surface area contributed by atoms with Gasteiger partial charge in [0.15, 0.2) is 0 Å². The van der Waals surface area contributed by atoms with Gasteiger partial charge in [-0.05, 0) is 61.6 Å². The zero-order chi connectivity index (χ0) is 31.5. The van der Waals surface area contributed by atoms with Crippen molar-refractivity contribution in [2.24, 2.45) is 19.5 Å². The molecule has 2 saturated carbocycles. The van der Waals surface area contributed by atoms with Crippen LogP contribution in [0.5, 0.6) is 0 Å². The Labute approximate surface area is 272 Å². The Morgan fingerprint density at radius 2 is 1.87 bits per heavy atom. The molecule has 11 nitrogen and oxygen atoms in total. The van der Waals surface area contributed by atoms with Crippen molar-refractivity contribution in [1.82, 2.24) is 34.4 Å². The summed E-state index contributed by atoms with van der Waals surface area (Å²) >= 11 is 0. The van der Waals surface area contributed by atoms with E-state index in [0.29, 0.717) is 13.2 Å². The van der Waals surface area contributed by atoms with E-state index >= 15 is 0 Å². The van der Waals surface area contributed by atoms with Crippen LogP contribution in [-0.2, 0) is 40.5 Å². The fraction of sp³-hybridized carbons (Fsp3) is 0.500. The lowest BCUT2D eigenvalue weighted by atomic mass is 9.53. The first kappa shape index (κ1) is 27.9. The first-order valence-electron chi connectivity index (χ1n) is 17.0. The number of H-pyrrole nitrogens is 1. The third kappa shape index (κ3) is 4.25. The van der Waals surface area contributed by atoms with Gasteiger partial charge in [0.25, 0.3) is 0 Å². The van der Waals surface area contributed by atoms with E-state index in [1.807, 2.05) is 53.1 Å². The molecule has 3 aliphatic heterocycles. The molecule has 5 aliphatic rings. The average molecular weight is 634 g/mol. The molecule has 1 atom stereocenters. The molecule has 5 aromatic rings. The second-order valence-corrected chi connectivity index (χ2v) is 14.9. The lowest BCUT2D eigenvalue weighted by Gasteiger charge is -2.57. The number of carbonyl (C=O) groups excluding carboxylic acids is 1. The van der Waals surface area contributed by atoms with Crippen LogP contribution in [0.1, 0.15) is 62.5 Å². The number of hydrogen-bond acceptors (Lipinski definition) is 7. The number of rotatable bonds is 3. The fourth-order valence-corrected chi connectivity index (χ4v) is 9.23. The molecule has 4 aromatic heterocycles. The molecular weight excluding hydrogens is 594 g/mol. The van der Waals surface area contributed by atoms with E-state index in [2.05, 4.69) is 33.4 Å². The van der Waals surface area contributed by atoms with Crippen molar-refractivity contribution in [2.75, 3.05) is 19.7 Å². The molecule has 1 unspecified atom stereocenters. The molecule has 11 heteroatoms. The minimum absolute atomic E-state index is 0.00248. The number of likely N-dealkylation sites (tertiary alicyclic amines) is 1. The smallest absolute Gasteiger partial charge is 0.410 e. The highest BCUT2D eigenvalue weighted by Gasteiger charge is 2.60. The number of benzene rings is 1. The third-order valence-corrected chi connectivity index (χ3v) is 11.8. The van der Waals surface area contributed by atoms with E-state index < -0.39 is 0 Å². The van der Waals surface area contributed by atoms with Gasteiger partial charge in [-0.15, -0.1) is 0 Å². The molecule has 47 heavy (non-hydrogen) atoms. The molecule has 242 valence electrons. The highest BCUT2D eigenvalue weighted by molar-refractivity contribution is 6.06. The van der Waals surface area contributed by atoms with E-state index in [9.17, 15) is 4.79 Å². The van der Waals surface area contributed by atoms with Gasteiger partial charge < -0.3 is 24.1 Å². The second kappa shape index (κ2) is 9.67. The van der Waals surface area contributed by atoms with E-state index in [1.54, 1.807) is 0 Å². The zero-order valence-electron chi connectivity index (χ0n) is 26.9. The molecule has 2 aliphatic carbocycles. The lowest BCUT2D eigenvalue weighted by molar-refractivity contribution is -0.181. The summed E-state index contributed by atoms with van der Waals surface area (Å²) in [5, 5.41) is 11.2. The van der Waals surface area contributed by atoms with Crippen molar-refractivity contribution in [3.63, 3.8) is 0 Å². The van der Waals surface area contributed by atoms with Crippen LogP contribution in [0.25, 0.3) is 44.3 Å². The summed E-state index contributed by atoms with van der Waals surface area (Å²) in [4.78, 5) is 23.7. The Morgan fingerprint density at radius 3 is 2.66 bits per heavy atom. The number of carbonyl (C=O) groups is 1. The standard InChI is InChI=1S/C36H39N7O4/c1-41-18-24(17-38-41)31-28(22-3-4-27-23(13-22)16-39-42(27)2)29-30-25(15-37-32(29)40-31)19-46-36(30)20-34(21-36)8-10-43(11-9-34)33(44)47-26-5-12-45-35(14-26)6-7-35/h3-4,13,15-18,26H,5-12,14,19-21H2,1-2H3,(H,37,40). The molecule has 2 saturated heterocycles. The minimum atomic E-state index is -0.360. The Hall–Kier alpha value is -4.22. The Bertz CT molecular complexity index is 2070. The van der Waals surface area contributed by atoms with E-state index in [4.69, 9.17) is 19.2 Å². The maximum atomic E-state index is 13.2. The largest absolute Gasteiger partial charge is 0.446 e. The van der Waals surface area contributed by atoms with Gasteiger partial charge in [-0.3, -0.25) is 9.36 Å². The van der Waals surface area contributed by atoms with Crippen LogP contribution in [0, 0.1) is 5.41 Å². The highest BCUT2D eigenvalue weighted by atomic mass is 16.6. The Kier molecular flexibility index (Phi) is 5.73. The van der Waals surface area contributed by atoms with Crippen LogP contribution in [0.2, 0.25) is 0 Å². The van der Waals surface area contributed by atoms with Crippen molar-refractivity contribution in [3.05, 3.63) is 54.1 Å². The molecule has 4 fully saturated rings. The summed E-state index contributed by atoms with van der Waals surface area (Å²) in [5.74, 6) is 0. The number of amides is 1. The number of nitrogens with one attached hydrogen (secondary N) is 1. The zero-order valence-corrected chi connectivity index (χ0v) is 26.9. The second-order valence-electron chi connectivity index (χ2n) is 14.9. The third-order valence-electron chi connectivity index (χ3n) is 11.8. The van der Waals surface area contributed by atoms with Crippen LogP contribution in [0.3, 0.4) is 0 Å². The van der Waals surface area contributed by atoms with Crippen LogP contribution < -0.4 is 0 Å². The van der Waals surface area contributed by atoms with Crippen molar-refractivity contribution < 1.29 is 19.0 Å². The average Bonchev–Trinajstić information content (AvgIpc) is 3.44. The molecule has 1 aromatic carbocycles. The summed E-state index contributed by atoms with van der Waals surface area (Å²) in [6.45, 7) is 2.72. The Balaban J connectivity index is 0.963. The minimum Gasteiger partial charge on any atom is -0.446 e. The van der Waals surface area contributed by atoms with E-state index in [1.165, 1.54) is 11.1 Å². The van der Waals surface area contributed by atoms with E-state index in [0.717, 1.165) is 109 Å². The quantitative estimate of drug-likeness (QED) is 0.261.